The molecule has 0 unspecified atom stereocenters. The number of nitrogens with zero attached hydrogens (tertiary/aromatic N) is 2. The average Bonchev–Trinajstić information content (AvgIpc) is 2.33. The van der Waals surface area contributed by atoms with Crippen LogP contribution in [0.2, 0.25) is 0 Å². The van der Waals surface area contributed by atoms with Crippen molar-refractivity contribution in [2.45, 2.75) is 16.5 Å². The largest absolute Gasteiger partial charge is 0.325 e. The molecule has 1 aromatic carbocycles. The van der Waals surface area contributed by atoms with E-state index in [1.165, 1.54) is 23.9 Å². The predicted octanol–water partition coefficient (Wildman–Crippen LogP) is 2.23. The van der Waals surface area contributed by atoms with Crippen molar-refractivity contribution in [3.63, 3.8) is 0 Å². The highest BCUT2D eigenvalue weighted by atomic mass is 32.2. The fourth-order valence-electron chi connectivity index (χ4n) is 1.19. The van der Waals surface area contributed by atoms with E-state index in [1.807, 2.05) is 0 Å². The van der Waals surface area contributed by atoms with Crippen molar-refractivity contribution in [2.75, 3.05) is 0 Å². The van der Waals surface area contributed by atoms with Crippen LogP contribution in [0.4, 0.5) is 4.39 Å². The Bertz CT molecular complexity index is 473. The van der Waals surface area contributed by atoms with Crippen molar-refractivity contribution >= 4 is 11.8 Å². The number of aromatic nitrogens is 2. The molecule has 0 spiro atoms. The third kappa shape index (κ3) is 2.56. The van der Waals surface area contributed by atoms with Crippen LogP contribution in [0.3, 0.4) is 0 Å². The summed E-state index contributed by atoms with van der Waals surface area (Å²) in [7, 11) is 0. The molecule has 1 heterocycles. The van der Waals surface area contributed by atoms with Gasteiger partial charge in [0.25, 0.3) is 0 Å². The van der Waals surface area contributed by atoms with Crippen molar-refractivity contribution in [1.82, 2.24) is 9.97 Å². The summed E-state index contributed by atoms with van der Waals surface area (Å²) >= 11 is 1.43. The molecule has 0 radical (unpaired) electrons. The Morgan fingerprint density at radius 3 is 2.50 bits per heavy atom. The molecule has 0 amide bonds. The van der Waals surface area contributed by atoms with Gasteiger partial charge in [0.05, 0.1) is 5.69 Å². The predicted molar refractivity (Wildman–Crippen MR) is 60.4 cm³/mol. The zero-order valence-corrected chi connectivity index (χ0v) is 9.25. The van der Waals surface area contributed by atoms with Crippen molar-refractivity contribution in [3.05, 3.63) is 48.2 Å². The van der Waals surface area contributed by atoms with Gasteiger partial charge in [-0.3, -0.25) is 4.98 Å². The maximum absolute atomic E-state index is 12.7. The first kappa shape index (κ1) is 11.0. The minimum Gasteiger partial charge on any atom is -0.325 e. The van der Waals surface area contributed by atoms with Gasteiger partial charge in [-0.15, -0.1) is 0 Å². The van der Waals surface area contributed by atoms with E-state index in [0.29, 0.717) is 6.54 Å². The van der Waals surface area contributed by atoms with Gasteiger partial charge in [0.2, 0.25) is 0 Å². The molecule has 0 saturated carbocycles. The number of hydrogen-bond acceptors (Lipinski definition) is 4. The molecule has 0 aliphatic heterocycles. The normalized spacial score (nSPS) is 10.4. The van der Waals surface area contributed by atoms with E-state index in [1.54, 1.807) is 24.5 Å². The van der Waals surface area contributed by atoms with E-state index in [9.17, 15) is 4.39 Å². The van der Waals surface area contributed by atoms with Gasteiger partial charge in [0.15, 0.2) is 0 Å². The van der Waals surface area contributed by atoms with E-state index in [2.05, 4.69) is 9.97 Å². The third-order valence-electron chi connectivity index (χ3n) is 1.96. The summed E-state index contributed by atoms with van der Waals surface area (Å²) in [6.45, 7) is 0.345. The van der Waals surface area contributed by atoms with Gasteiger partial charge in [0, 0.05) is 23.8 Å². The minimum atomic E-state index is -0.248. The van der Waals surface area contributed by atoms with E-state index in [0.717, 1.165) is 15.6 Å². The first-order chi connectivity index (χ1) is 7.79. The molecule has 16 heavy (non-hydrogen) atoms. The Hall–Kier alpha value is -1.46. The maximum Gasteiger partial charge on any atom is 0.124 e. The van der Waals surface area contributed by atoms with Crippen LogP contribution in [-0.4, -0.2) is 9.97 Å². The summed E-state index contributed by atoms with van der Waals surface area (Å²) in [5, 5.41) is 0.761. The lowest BCUT2D eigenvalue weighted by atomic mass is 10.4. The zero-order valence-electron chi connectivity index (χ0n) is 8.43. The van der Waals surface area contributed by atoms with E-state index in [-0.39, 0.29) is 5.82 Å². The first-order valence-corrected chi connectivity index (χ1v) is 5.54. The van der Waals surface area contributed by atoms with Crippen molar-refractivity contribution in [2.24, 2.45) is 5.73 Å². The van der Waals surface area contributed by atoms with Crippen LogP contribution < -0.4 is 5.73 Å². The molecule has 1 aromatic heterocycles. The molecule has 0 bridgehead atoms. The van der Waals surface area contributed by atoms with Gasteiger partial charge in [-0.05, 0) is 24.3 Å². The molecular weight excluding hydrogens is 225 g/mol. The highest BCUT2D eigenvalue weighted by Gasteiger charge is 2.05. The summed E-state index contributed by atoms with van der Waals surface area (Å²) in [6, 6.07) is 6.24. The second kappa shape index (κ2) is 5.05. The van der Waals surface area contributed by atoms with Crippen molar-refractivity contribution < 1.29 is 4.39 Å². The molecule has 2 aromatic rings. The monoisotopic (exact) mass is 235 g/mol. The summed E-state index contributed by atoms with van der Waals surface area (Å²) in [6.07, 6.45) is 3.22. The zero-order chi connectivity index (χ0) is 11.4. The topological polar surface area (TPSA) is 51.8 Å². The molecule has 5 heteroatoms. The van der Waals surface area contributed by atoms with Crippen LogP contribution >= 0.6 is 11.8 Å². The van der Waals surface area contributed by atoms with Gasteiger partial charge < -0.3 is 5.73 Å². The van der Waals surface area contributed by atoms with Crippen LogP contribution in [0.15, 0.2) is 46.6 Å². The Morgan fingerprint density at radius 1 is 1.12 bits per heavy atom. The highest BCUT2D eigenvalue weighted by Crippen LogP contribution is 2.27. The van der Waals surface area contributed by atoms with Gasteiger partial charge >= 0.3 is 0 Å². The van der Waals surface area contributed by atoms with Gasteiger partial charge in [-0.2, -0.15) is 0 Å². The quantitative estimate of drug-likeness (QED) is 0.886. The molecule has 0 saturated heterocycles. The van der Waals surface area contributed by atoms with E-state index in [4.69, 9.17) is 5.73 Å². The fourth-order valence-corrected chi connectivity index (χ4v) is 2.06. The smallest absolute Gasteiger partial charge is 0.124 e. The van der Waals surface area contributed by atoms with Crippen LogP contribution in [0.1, 0.15) is 5.69 Å². The number of nitrogens with two attached hydrogens (primary N) is 1. The summed E-state index contributed by atoms with van der Waals surface area (Å²) in [4.78, 5) is 9.24. The first-order valence-electron chi connectivity index (χ1n) is 4.73. The lowest BCUT2D eigenvalue weighted by Gasteiger charge is -2.04. The number of benzene rings is 1. The Labute approximate surface area is 96.9 Å². The maximum atomic E-state index is 12.7. The van der Waals surface area contributed by atoms with Gasteiger partial charge in [-0.1, -0.05) is 11.8 Å². The molecule has 2 rings (SSSR count). The molecule has 0 atom stereocenters. The Kier molecular flexibility index (Phi) is 3.48. The second-order valence-electron chi connectivity index (χ2n) is 3.07. The van der Waals surface area contributed by atoms with Crippen molar-refractivity contribution in [3.8, 4) is 0 Å². The van der Waals surface area contributed by atoms with Crippen LogP contribution in [-0.2, 0) is 6.54 Å². The SMILES string of the molecule is NCc1nccnc1Sc1ccc(F)cc1. The van der Waals surface area contributed by atoms with E-state index >= 15 is 0 Å². The van der Waals surface area contributed by atoms with Crippen molar-refractivity contribution in [1.29, 1.82) is 0 Å². The second-order valence-corrected chi connectivity index (χ2v) is 4.13. The van der Waals surface area contributed by atoms with Crippen LogP contribution in [0, 0.1) is 5.82 Å². The summed E-state index contributed by atoms with van der Waals surface area (Å²) in [5.74, 6) is -0.248. The Balaban J connectivity index is 2.23. The molecule has 0 aliphatic rings. The minimum absolute atomic E-state index is 0.248. The summed E-state index contributed by atoms with van der Waals surface area (Å²) < 4.78 is 12.7. The lowest BCUT2D eigenvalue weighted by Crippen LogP contribution is -2.02. The third-order valence-corrected chi connectivity index (χ3v) is 3.00. The molecule has 82 valence electrons. The number of halogens is 1. The fraction of sp³-hybridized carbons (Fsp3) is 0.0909. The van der Waals surface area contributed by atoms with Crippen LogP contribution in [0.5, 0.6) is 0 Å². The molecule has 0 aliphatic carbocycles. The molecule has 0 fully saturated rings. The standard InChI is InChI=1S/C11H10FN3S/c12-8-1-3-9(4-2-8)16-11-10(7-13)14-5-6-15-11/h1-6H,7,13H2. The Morgan fingerprint density at radius 2 is 1.81 bits per heavy atom. The summed E-state index contributed by atoms with van der Waals surface area (Å²) in [5.41, 5.74) is 6.30. The average molecular weight is 235 g/mol. The van der Waals surface area contributed by atoms with Gasteiger partial charge in [0.1, 0.15) is 10.8 Å². The lowest BCUT2D eigenvalue weighted by molar-refractivity contribution is 0.626. The van der Waals surface area contributed by atoms with Crippen LogP contribution in [0.25, 0.3) is 0 Å². The number of hydrogen-bond donors (Lipinski definition) is 1. The molecular formula is C11H10FN3S. The van der Waals surface area contributed by atoms with E-state index < -0.39 is 0 Å². The molecule has 3 nitrogen and oxygen atoms in total. The van der Waals surface area contributed by atoms with Gasteiger partial charge in [-0.25, -0.2) is 9.37 Å². The molecule has 2 N–H and O–H groups in total. The number of rotatable bonds is 3. The highest BCUT2D eigenvalue weighted by molar-refractivity contribution is 7.99.